The van der Waals surface area contributed by atoms with Crippen LogP contribution in [0.3, 0.4) is 0 Å². The van der Waals surface area contributed by atoms with Crippen LogP contribution in [0, 0.1) is 0 Å². The van der Waals surface area contributed by atoms with Crippen LogP contribution in [0.5, 0.6) is 5.75 Å². The Morgan fingerprint density at radius 2 is 2.18 bits per heavy atom. The lowest BCUT2D eigenvalue weighted by atomic mass is 10.0. The second kappa shape index (κ2) is 8.15. The molecule has 1 atom stereocenters. The van der Waals surface area contributed by atoms with Crippen molar-refractivity contribution in [2.75, 3.05) is 47.4 Å². The molecule has 1 amide bonds. The van der Waals surface area contributed by atoms with Crippen molar-refractivity contribution in [3.63, 3.8) is 0 Å². The van der Waals surface area contributed by atoms with Gasteiger partial charge >= 0.3 is 0 Å². The average Bonchev–Trinajstić information content (AvgIpc) is 2.54. The quantitative estimate of drug-likeness (QED) is 0.864. The number of para-hydroxylation sites is 1. The van der Waals surface area contributed by atoms with Crippen LogP contribution in [0.2, 0.25) is 0 Å². The topological polar surface area (TPSA) is 44.8 Å². The average molecular weight is 305 g/mol. The summed E-state index contributed by atoms with van der Waals surface area (Å²) in [5, 5.41) is 3.27. The zero-order valence-corrected chi connectivity index (χ0v) is 13.8. The van der Waals surface area contributed by atoms with E-state index in [-0.39, 0.29) is 5.91 Å². The Labute approximate surface area is 133 Å². The van der Waals surface area contributed by atoms with Gasteiger partial charge in [0.2, 0.25) is 0 Å². The molecule has 1 fully saturated rings. The van der Waals surface area contributed by atoms with Crippen LogP contribution in [-0.4, -0.2) is 69.1 Å². The van der Waals surface area contributed by atoms with Crippen LogP contribution in [0.25, 0.3) is 0 Å². The molecule has 1 unspecified atom stereocenters. The molecule has 5 heteroatoms. The highest BCUT2D eigenvalue weighted by atomic mass is 16.5. The first-order valence-corrected chi connectivity index (χ1v) is 7.95. The van der Waals surface area contributed by atoms with Crippen molar-refractivity contribution in [1.29, 1.82) is 0 Å². The SMILES string of the molecule is CNC1CCCN(C(=O)c2ccccc2OCCN(C)C)C1. The first kappa shape index (κ1) is 16.8. The van der Waals surface area contributed by atoms with Crippen LogP contribution in [0.4, 0.5) is 0 Å². The summed E-state index contributed by atoms with van der Waals surface area (Å²) >= 11 is 0. The van der Waals surface area contributed by atoms with Gasteiger partial charge in [0, 0.05) is 25.7 Å². The molecule has 1 N–H and O–H groups in total. The lowest BCUT2D eigenvalue weighted by molar-refractivity contribution is 0.0693. The Balaban J connectivity index is 2.05. The van der Waals surface area contributed by atoms with Gasteiger partial charge in [0.05, 0.1) is 5.56 Å². The van der Waals surface area contributed by atoms with E-state index >= 15 is 0 Å². The first-order valence-electron chi connectivity index (χ1n) is 7.95. The molecule has 0 spiro atoms. The van der Waals surface area contributed by atoms with Crippen LogP contribution in [0.15, 0.2) is 24.3 Å². The van der Waals surface area contributed by atoms with E-state index in [1.807, 2.05) is 50.3 Å². The maximum Gasteiger partial charge on any atom is 0.257 e. The molecule has 1 aromatic carbocycles. The van der Waals surface area contributed by atoms with Gasteiger partial charge in [0.15, 0.2) is 0 Å². The Kier molecular flexibility index (Phi) is 6.21. The zero-order chi connectivity index (χ0) is 15.9. The molecule has 122 valence electrons. The minimum absolute atomic E-state index is 0.0698. The third-order valence-corrected chi connectivity index (χ3v) is 4.03. The number of ether oxygens (including phenoxy) is 1. The highest BCUT2D eigenvalue weighted by Crippen LogP contribution is 2.22. The van der Waals surface area contributed by atoms with Crippen molar-refractivity contribution in [1.82, 2.24) is 15.1 Å². The summed E-state index contributed by atoms with van der Waals surface area (Å²) in [5.74, 6) is 0.751. The number of hydrogen-bond donors (Lipinski definition) is 1. The van der Waals surface area contributed by atoms with Gasteiger partial charge in [-0.2, -0.15) is 0 Å². The van der Waals surface area contributed by atoms with E-state index < -0.39 is 0 Å². The maximum absolute atomic E-state index is 12.8. The molecule has 0 bridgehead atoms. The summed E-state index contributed by atoms with van der Waals surface area (Å²) in [6, 6.07) is 7.93. The van der Waals surface area contributed by atoms with Crippen molar-refractivity contribution >= 4 is 5.91 Å². The molecule has 1 aromatic rings. The third kappa shape index (κ3) is 4.45. The van der Waals surface area contributed by atoms with Crippen molar-refractivity contribution in [2.24, 2.45) is 0 Å². The first-order chi connectivity index (χ1) is 10.6. The van der Waals surface area contributed by atoms with E-state index in [0.29, 0.717) is 24.0 Å². The molecule has 1 aliphatic rings. The van der Waals surface area contributed by atoms with Gasteiger partial charge in [-0.15, -0.1) is 0 Å². The van der Waals surface area contributed by atoms with Crippen LogP contribution >= 0.6 is 0 Å². The maximum atomic E-state index is 12.8. The fourth-order valence-corrected chi connectivity index (χ4v) is 2.67. The molecule has 0 radical (unpaired) electrons. The largest absolute Gasteiger partial charge is 0.491 e. The molecule has 22 heavy (non-hydrogen) atoms. The number of benzene rings is 1. The molecular weight excluding hydrogens is 278 g/mol. The molecule has 1 heterocycles. The molecular formula is C17H27N3O2. The molecule has 0 aliphatic carbocycles. The lowest BCUT2D eigenvalue weighted by Crippen LogP contribution is -2.47. The van der Waals surface area contributed by atoms with Crippen LogP contribution < -0.4 is 10.1 Å². The van der Waals surface area contributed by atoms with Crippen molar-refractivity contribution in [2.45, 2.75) is 18.9 Å². The Hall–Kier alpha value is -1.59. The van der Waals surface area contributed by atoms with Crippen LogP contribution in [-0.2, 0) is 0 Å². The molecule has 0 aromatic heterocycles. The Morgan fingerprint density at radius 1 is 1.41 bits per heavy atom. The summed E-state index contributed by atoms with van der Waals surface area (Å²) in [6.45, 7) is 2.99. The van der Waals surface area contributed by atoms with Gasteiger partial charge in [-0.05, 0) is 46.1 Å². The summed E-state index contributed by atoms with van der Waals surface area (Å²) in [4.78, 5) is 16.8. The fourth-order valence-electron chi connectivity index (χ4n) is 2.67. The molecule has 1 saturated heterocycles. The third-order valence-electron chi connectivity index (χ3n) is 4.03. The Bertz CT molecular complexity index is 491. The van der Waals surface area contributed by atoms with E-state index in [4.69, 9.17) is 4.74 Å². The smallest absolute Gasteiger partial charge is 0.257 e. The summed E-state index contributed by atoms with van der Waals surface area (Å²) < 4.78 is 5.81. The normalized spacial score (nSPS) is 18.5. The minimum atomic E-state index is 0.0698. The number of likely N-dealkylation sites (tertiary alicyclic amines) is 1. The molecule has 1 aliphatic heterocycles. The van der Waals surface area contributed by atoms with E-state index in [0.717, 1.165) is 32.5 Å². The number of piperidine rings is 1. The zero-order valence-electron chi connectivity index (χ0n) is 13.8. The van der Waals surface area contributed by atoms with Gasteiger partial charge in [-0.25, -0.2) is 0 Å². The van der Waals surface area contributed by atoms with Gasteiger partial charge in [-0.3, -0.25) is 4.79 Å². The predicted molar refractivity (Wildman–Crippen MR) is 88.5 cm³/mol. The fraction of sp³-hybridized carbons (Fsp3) is 0.588. The second-order valence-corrected chi connectivity index (χ2v) is 6.03. The van der Waals surface area contributed by atoms with Crippen molar-refractivity contribution in [3.8, 4) is 5.75 Å². The number of nitrogens with one attached hydrogen (secondary N) is 1. The number of carbonyl (C=O) groups excluding carboxylic acids is 1. The number of carbonyl (C=O) groups is 1. The molecule has 2 rings (SSSR count). The van der Waals surface area contributed by atoms with Gasteiger partial charge in [0.1, 0.15) is 12.4 Å². The number of hydrogen-bond acceptors (Lipinski definition) is 4. The number of likely N-dealkylation sites (N-methyl/N-ethyl adjacent to an activating group) is 2. The molecule has 0 saturated carbocycles. The summed E-state index contributed by atoms with van der Waals surface area (Å²) in [6.07, 6.45) is 2.17. The number of rotatable bonds is 6. The number of nitrogens with zero attached hydrogens (tertiary/aromatic N) is 2. The summed E-state index contributed by atoms with van der Waals surface area (Å²) in [7, 11) is 5.97. The van der Waals surface area contributed by atoms with Gasteiger partial charge < -0.3 is 19.9 Å². The highest BCUT2D eigenvalue weighted by molar-refractivity contribution is 5.97. The van der Waals surface area contributed by atoms with E-state index in [9.17, 15) is 4.79 Å². The monoisotopic (exact) mass is 305 g/mol. The van der Waals surface area contributed by atoms with Gasteiger partial charge in [0.25, 0.3) is 5.91 Å². The van der Waals surface area contributed by atoms with E-state index in [1.54, 1.807) is 0 Å². The van der Waals surface area contributed by atoms with Crippen molar-refractivity contribution in [3.05, 3.63) is 29.8 Å². The Morgan fingerprint density at radius 3 is 2.91 bits per heavy atom. The minimum Gasteiger partial charge on any atom is -0.491 e. The van der Waals surface area contributed by atoms with Crippen molar-refractivity contribution < 1.29 is 9.53 Å². The summed E-state index contributed by atoms with van der Waals surface area (Å²) in [5.41, 5.74) is 0.665. The van der Waals surface area contributed by atoms with Crippen LogP contribution in [0.1, 0.15) is 23.2 Å². The second-order valence-electron chi connectivity index (χ2n) is 6.03. The number of amides is 1. The van der Waals surface area contributed by atoms with E-state index in [2.05, 4.69) is 10.2 Å². The van der Waals surface area contributed by atoms with E-state index in [1.165, 1.54) is 0 Å². The lowest BCUT2D eigenvalue weighted by Gasteiger charge is -2.33. The van der Waals surface area contributed by atoms with Gasteiger partial charge in [-0.1, -0.05) is 12.1 Å². The standard InChI is InChI=1S/C17H27N3O2/c1-18-14-7-6-10-20(13-14)17(21)15-8-4-5-9-16(15)22-12-11-19(2)3/h4-5,8-9,14,18H,6-7,10-13H2,1-3H3. The highest BCUT2D eigenvalue weighted by Gasteiger charge is 2.25. The molecule has 5 nitrogen and oxygen atoms in total. The predicted octanol–water partition coefficient (Wildman–Crippen LogP) is 1.45.